The molecule has 1 aromatic heterocycles. The highest BCUT2D eigenvalue weighted by Gasteiger charge is 2.21. The molecular weight excluding hydrogens is 378 g/mol. The summed E-state index contributed by atoms with van der Waals surface area (Å²) < 4.78 is 12.9. The Balaban J connectivity index is 1.58. The number of hydrogen-bond donors (Lipinski definition) is 0. The molecule has 0 spiro atoms. The lowest BCUT2D eigenvalue weighted by Crippen LogP contribution is -2.18. The summed E-state index contributed by atoms with van der Waals surface area (Å²) in [4.78, 5) is 24.5. The number of Topliss-reactive ketones (excluding diaryl/α,β-unsaturated/α-hetero) is 1. The van der Waals surface area contributed by atoms with Crippen molar-refractivity contribution in [2.24, 2.45) is 0 Å². The van der Waals surface area contributed by atoms with Gasteiger partial charge in [-0.3, -0.25) is 4.79 Å². The van der Waals surface area contributed by atoms with Crippen molar-refractivity contribution >= 4 is 29.4 Å². The number of aromatic nitrogens is 1. The summed E-state index contributed by atoms with van der Waals surface area (Å²) in [5.41, 5.74) is 3.17. The maximum Gasteiger partial charge on any atom is 0.331 e. The Morgan fingerprint density at radius 1 is 1.32 bits per heavy atom. The van der Waals surface area contributed by atoms with Crippen molar-refractivity contribution in [2.45, 2.75) is 39.3 Å². The molecule has 2 heterocycles. The van der Waals surface area contributed by atoms with Crippen molar-refractivity contribution in [3.8, 4) is 0 Å². The van der Waals surface area contributed by atoms with E-state index in [-0.39, 0.29) is 18.5 Å². The van der Waals surface area contributed by atoms with Gasteiger partial charge in [0.15, 0.2) is 6.61 Å². The number of esters is 1. The van der Waals surface area contributed by atoms with Crippen molar-refractivity contribution in [1.29, 1.82) is 0 Å². The highest BCUT2D eigenvalue weighted by atomic mass is 35.5. The van der Waals surface area contributed by atoms with Gasteiger partial charge in [-0.25, -0.2) is 4.79 Å². The van der Waals surface area contributed by atoms with Crippen molar-refractivity contribution in [3.05, 3.63) is 63.9 Å². The smallest absolute Gasteiger partial charge is 0.331 e. The highest BCUT2D eigenvalue weighted by molar-refractivity contribution is 6.32. The van der Waals surface area contributed by atoms with Gasteiger partial charge in [0.05, 0.1) is 6.10 Å². The van der Waals surface area contributed by atoms with Crippen LogP contribution in [-0.2, 0) is 20.8 Å². The van der Waals surface area contributed by atoms with E-state index in [0.29, 0.717) is 16.1 Å². The van der Waals surface area contributed by atoms with Crippen LogP contribution in [0.4, 0.5) is 0 Å². The summed E-state index contributed by atoms with van der Waals surface area (Å²) in [5.74, 6) is -0.799. The molecule has 1 atom stereocenters. The average Bonchev–Trinajstić information content (AvgIpc) is 3.29. The molecule has 0 unspecified atom stereocenters. The maximum absolute atomic E-state index is 12.5. The number of hydrogen-bond acceptors (Lipinski definition) is 4. The Hall–Kier alpha value is -2.37. The Kier molecular flexibility index (Phi) is 6.70. The van der Waals surface area contributed by atoms with Gasteiger partial charge in [0, 0.05) is 41.2 Å². The number of carbonyl (C=O) groups is 2. The molecule has 5 nitrogen and oxygen atoms in total. The van der Waals surface area contributed by atoms with Gasteiger partial charge in [-0.2, -0.15) is 0 Å². The van der Waals surface area contributed by atoms with E-state index in [4.69, 9.17) is 21.1 Å². The van der Waals surface area contributed by atoms with Gasteiger partial charge >= 0.3 is 5.97 Å². The molecule has 28 heavy (non-hydrogen) atoms. The first-order chi connectivity index (χ1) is 13.5. The third-order valence-corrected chi connectivity index (χ3v) is 5.28. The molecule has 1 aromatic carbocycles. The van der Waals surface area contributed by atoms with E-state index in [2.05, 4.69) is 4.57 Å². The van der Waals surface area contributed by atoms with Gasteiger partial charge in [-0.1, -0.05) is 29.8 Å². The fourth-order valence-electron chi connectivity index (χ4n) is 3.39. The van der Waals surface area contributed by atoms with Crippen LogP contribution in [0.5, 0.6) is 0 Å². The van der Waals surface area contributed by atoms with E-state index in [1.54, 1.807) is 18.2 Å². The van der Waals surface area contributed by atoms with Crippen LogP contribution >= 0.6 is 11.6 Å². The minimum Gasteiger partial charge on any atom is -0.454 e. The molecule has 1 fully saturated rings. The van der Waals surface area contributed by atoms with Gasteiger partial charge in [-0.05, 0) is 50.5 Å². The zero-order valence-electron chi connectivity index (χ0n) is 16.1. The second-order valence-corrected chi connectivity index (χ2v) is 7.32. The van der Waals surface area contributed by atoms with Crippen LogP contribution in [0.3, 0.4) is 0 Å². The largest absolute Gasteiger partial charge is 0.454 e. The van der Waals surface area contributed by atoms with Crippen LogP contribution in [0.25, 0.3) is 6.08 Å². The molecular formula is C22H24ClNO4. The molecule has 0 bridgehead atoms. The van der Waals surface area contributed by atoms with Crippen LogP contribution in [-0.4, -0.2) is 35.6 Å². The maximum atomic E-state index is 12.5. The number of rotatable bonds is 7. The number of ketones is 1. The third kappa shape index (κ3) is 4.91. The molecule has 1 saturated heterocycles. The normalized spacial score (nSPS) is 16.6. The Labute approximate surface area is 169 Å². The minimum absolute atomic E-state index is 0.195. The summed E-state index contributed by atoms with van der Waals surface area (Å²) >= 11 is 6.04. The van der Waals surface area contributed by atoms with Gasteiger partial charge in [0.2, 0.25) is 5.78 Å². The van der Waals surface area contributed by atoms with Gasteiger partial charge in [0.25, 0.3) is 0 Å². The predicted molar refractivity (Wildman–Crippen MR) is 109 cm³/mol. The number of ether oxygens (including phenoxy) is 2. The molecule has 0 N–H and O–H groups in total. The standard InChI is InChI=1S/C22H24ClNO4/c1-15-12-19(16(2)24(15)13-18-7-5-11-27-18)21(25)14-28-22(26)10-9-17-6-3-4-8-20(17)23/h3-4,6,8-10,12,18H,5,7,11,13-14H2,1-2H3/b10-9+/t18-/m1/s1. The van der Waals surface area contributed by atoms with E-state index in [0.717, 1.165) is 37.4 Å². The van der Waals surface area contributed by atoms with Crippen LogP contribution in [0.1, 0.15) is 40.2 Å². The van der Waals surface area contributed by atoms with Crippen molar-refractivity contribution in [1.82, 2.24) is 4.57 Å². The molecule has 2 aromatic rings. The zero-order chi connectivity index (χ0) is 20.1. The van der Waals surface area contributed by atoms with Crippen LogP contribution in [0.2, 0.25) is 5.02 Å². The molecule has 1 aliphatic heterocycles. The average molecular weight is 402 g/mol. The molecule has 0 aliphatic carbocycles. The first-order valence-electron chi connectivity index (χ1n) is 9.36. The molecule has 3 rings (SSSR count). The van der Waals surface area contributed by atoms with E-state index in [9.17, 15) is 9.59 Å². The summed E-state index contributed by atoms with van der Waals surface area (Å²) in [7, 11) is 0. The van der Waals surface area contributed by atoms with Crippen LogP contribution < -0.4 is 0 Å². The SMILES string of the molecule is Cc1cc(C(=O)COC(=O)/C=C/c2ccccc2Cl)c(C)n1C[C@H]1CCCO1. The number of benzene rings is 1. The fraction of sp³-hybridized carbons (Fsp3) is 0.364. The lowest BCUT2D eigenvalue weighted by molar-refractivity contribution is -0.136. The Bertz CT molecular complexity index is 894. The zero-order valence-corrected chi connectivity index (χ0v) is 16.9. The second kappa shape index (κ2) is 9.22. The predicted octanol–water partition coefficient (Wildman–Crippen LogP) is 4.38. The number of aryl methyl sites for hydroxylation is 1. The molecule has 148 valence electrons. The van der Waals surface area contributed by atoms with E-state index < -0.39 is 5.97 Å². The van der Waals surface area contributed by atoms with Gasteiger partial charge in [-0.15, -0.1) is 0 Å². The molecule has 0 saturated carbocycles. The van der Waals surface area contributed by atoms with Crippen LogP contribution in [0.15, 0.2) is 36.4 Å². The Morgan fingerprint density at radius 3 is 2.82 bits per heavy atom. The highest BCUT2D eigenvalue weighted by Crippen LogP contribution is 2.21. The van der Waals surface area contributed by atoms with E-state index in [1.807, 2.05) is 32.0 Å². The van der Waals surface area contributed by atoms with Gasteiger partial charge < -0.3 is 14.0 Å². The van der Waals surface area contributed by atoms with Crippen molar-refractivity contribution in [2.75, 3.05) is 13.2 Å². The third-order valence-electron chi connectivity index (χ3n) is 4.93. The first-order valence-corrected chi connectivity index (χ1v) is 9.74. The van der Waals surface area contributed by atoms with Crippen molar-refractivity contribution in [3.63, 3.8) is 0 Å². The minimum atomic E-state index is -0.582. The van der Waals surface area contributed by atoms with E-state index >= 15 is 0 Å². The topological polar surface area (TPSA) is 57.5 Å². The molecule has 0 radical (unpaired) electrons. The lowest BCUT2D eigenvalue weighted by atomic mass is 10.1. The first kappa shape index (κ1) is 20.4. The number of carbonyl (C=O) groups excluding carboxylic acids is 2. The molecule has 6 heteroatoms. The summed E-state index contributed by atoms with van der Waals surface area (Å²) in [6.07, 6.45) is 5.15. The quantitative estimate of drug-likeness (QED) is 0.392. The van der Waals surface area contributed by atoms with Crippen LogP contribution in [0, 0.1) is 13.8 Å². The monoisotopic (exact) mass is 401 g/mol. The van der Waals surface area contributed by atoms with E-state index in [1.165, 1.54) is 6.08 Å². The van der Waals surface area contributed by atoms with Crippen molar-refractivity contribution < 1.29 is 19.1 Å². The summed E-state index contributed by atoms with van der Waals surface area (Å²) in [5, 5.41) is 0.543. The Morgan fingerprint density at radius 2 is 2.11 bits per heavy atom. The molecule has 0 amide bonds. The van der Waals surface area contributed by atoms with Gasteiger partial charge in [0.1, 0.15) is 0 Å². The number of halogens is 1. The summed E-state index contributed by atoms with van der Waals surface area (Å²) in [6, 6.07) is 9.02. The second-order valence-electron chi connectivity index (χ2n) is 6.92. The lowest BCUT2D eigenvalue weighted by Gasteiger charge is -2.14. The fourth-order valence-corrected chi connectivity index (χ4v) is 3.59. The summed E-state index contributed by atoms with van der Waals surface area (Å²) in [6.45, 7) is 5.13. The number of nitrogens with zero attached hydrogens (tertiary/aromatic N) is 1. The molecule has 1 aliphatic rings.